The fourth-order valence-electron chi connectivity index (χ4n) is 1.99. The molecule has 13 heavy (non-hydrogen) atoms. The summed E-state index contributed by atoms with van der Waals surface area (Å²) in [5.41, 5.74) is 1.67. The minimum Gasteiger partial charge on any atom is -0.396 e. The van der Waals surface area contributed by atoms with Gasteiger partial charge in [0.15, 0.2) is 0 Å². The molecule has 1 rings (SSSR count). The van der Waals surface area contributed by atoms with Gasteiger partial charge >= 0.3 is 0 Å². The van der Waals surface area contributed by atoms with Crippen molar-refractivity contribution in [3.63, 3.8) is 0 Å². The lowest BCUT2D eigenvalue weighted by Crippen LogP contribution is -2.10. The number of rotatable bonds is 7. The van der Waals surface area contributed by atoms with Crippen LogP contribution in [0.4, 0.5) is 0 Å². The first-order chi connectivity index (χ1) is 6.38. The molecule has 0 spiro atoms. The van der Waals surface area contributed by atoms with E-state index in [9.17, 15) is 0 Å². The van der Waals surface area contributed by atoms with E-state index in [1.54, 1.807) is 5.57 Å². The van der Waals surface area contributed by atoms with E-state index < -0.39 is 0 Å². The van der Waals surface area contributed by atoms with Crippen molar-refractivity contribution in [1.29, 1.82) is 0 Å². The summed E-state index contributed by atoms with van der Waals surface area (Å²) in [5, 5.41) is 8.79. The van der Waals surface area contributed by atoms with Gasteiger partial charge in [-0.15, -0.1) is 0 Å². The molecule has 1 N–H and O–H groups in total. The summed E-state index contributed by atoms with van der Waals surface area (Å²) in [6.45, 7) is 2.61. The van der Waals surface area contributed by atoms with Crippen molar-refractivity contribution < 1.29 is 5.11 Å². The highest BCUT2D eigenvalue weighted by atomic mass is 16.2. The lowest BCUT2D eigenvalue weighted by atomic mass is 9.81. The number of aliphatic hydroxyl groups is 1. The number of aliphatic hydroxyl groups excluding tert-OH is 1. The summed E-state index contributed by atoms with van der Waals surface area (Å²) in [6.07, 6.45) is 11.1. The third-order valence-electron chi connectivity index (χ3n) is 2.98. The van der Waals surface area contributed by atoms with Crippen LogP contribution in [0.1, 0.15) is 51.9 Å². The zero-order valence-electron chi connectivity index (χ0n) is 8.76. The molecular weight excluding hydrogens is 160 g/mol. The molecule has 1 unspecified atom stereocenters. The Bertz CT molecular complexity index is 153. The second-order valence-electron chi connectivity index (χ2n) is 4.02. The van der Waals surface area contributed by atoms with Crippen LogP contribution in [0.5, 0.6) is 0 Å². The molecule has 1 heteroatoms. The van der Waals surface area contributed by atoms with Crippen LogP contribution in [0.15, 0.2) is 11.6 Å². The maximum Gasteiger partial charge on any atom is 0.0431 e. The molecule has 0 aliphatic heterocycles. The Morgan fingerprint density at radius 1 is 1.38 bits per heavy atom. The highest BCUT2D eigenvalue weighted by molar-refractivity contribution is 5.15. The van der Waals surface area contributed by atoms with E-state index in [0.29, 0.717) is 6.61 Å². The van der Waals surface area contributed by atoms with Gasteiger partial charge in [0.25, 0.3) is 0 Å². The Morgan fingerprint density at radius 3 is 2.54 bits per heavy atom. The van der Waals surface area contributed by atoms with E-state index in [4.69, 9.17) is 5.11 Å². The van der Waals surface area contributed by atoms with Crippen LogP contribution in [0, 0.1) is 5.92 Å². The van der Waals surface area contributed by atoms with Gasteiger partial charge in [0.05, 0.1) is 0 Å². The van der Waals surface area contributed by atoms with Crippen molar-refractivity contribution in [2.45, 2.75) is 51.9 Å². The molecule has 0 bridgehead atoms. The van der Waals surface area contributed by atoms with Crippen LogP contribution in [0.2, 0.25) is 0 Å². The average Bonchev–Trinajstić information content (AvgIpc) is 2.06. The third-order valence-corrected chi connectivity index (χ3v) is 2.98. The molecule has 1 aliphatic carbocycles. The predicted octanol–water partition coefficient (Wildman–Crippen LogP) is 3.29. The molecule has 0 heterocycles. The highest BCUT2D eigenvalue weighted by Gasteiger charge is 2.17. The standard InChI is InChI=1S/C12H22O/c1-2-3-6-11(9-5-10-13)12-7-4-8-12/h7,11,13H,2-6,8-10H2,1H3. The second kappa shape index (κ2) is 6.20. The van der Waals surface area contributed by atoms with Crippen molar-refractivity contribution in [3.05, 3.63) is 11.6 Å². The summed E-state index contributed by atoms with van der Waals surface area (Å²) in [7, 11) is 0. The van der Waals surface area contributed by atoms with Crippen LogP contribution in [0.3, 0.4) is 0 Å². The zero-order valence-corrected chi connectivity index (χ0v) is 8.76. The number of hydrogen-bond acceptors (Lipinski definition) is 1. The van der Waals surface area contributed by atoms with Gasteiger partial charge in [-0.05, 0) is 38.0 Å². The van der Waals surface area contributed by atoms with Gasteiger partial charge in [-0.2, -0.15) is 0 Å². The fourth-order valence-corrected chi connectivity index (χ4v) is 1.99. The lowest BCUT2D eigenvalue weighted by Gasteiger charge is -2.25. The first-order valence-corrected chi connectivity index (χ1v) is 5.68. The summed E-state index contributed by atoms with van der Waals surface area (Å²) in [5.74, 6) is 0.792. The van der Waals surface area contributed by atoms with Gasteiger partial charge in [-0.1, -0.05) is 31.4 Å². The number of hydrogen-bond donors (Lipinski definition) is 1. The van der Waals surface area contributed by atoms with Gasteiger partial charge in [0.1, 0.15) is 0 Å². The van der Waals surface area contributed by atoms with E-state index >= 15 is 0 Å². The Kier molecular flexibility index (Phi) is 5.14. The minimum absolute atomic E-state index is 0.357. The monoisotopic (exact) mass is 182 g/mol. The van der Waals surface area contributed by atoms with E-state index in [2.05, 4.69) is 13.0 Å². The summed E-state index contributed by atoms with van der Waals surface area (Å²) >= 11 is 0. The molecule has 0 aromatic rings. The summed E-state index contributed by atoms with van der Waals surface area (Å²) in [6, 6.07) is 0. The lowest BCUT2D eigenvalue weighted by molar-refractivity contribution is 0.272. The highest BCUT2D eigenvalue weighted by Crippen LogP contribution is 2.32. The maximum atomic E-state index is 8.79. The first kappa shape index (κ1) is 10.8. The second-order valence-corrected chi connectivity index (χ2v) is 4.02. The molecular formula is C12H22O. The van der Waals surface area contributed by atoms with Crippen molar-refractivity contribution in [2.75, 3.05) is 6.61 Å². The van der Waals surface area contributed by atoms with Gasteiger partial charge in [-0.3, -0.25) is 0 Å². The molecule has 0 saturated carbocycles. The molecule has 1 aliphatic rings. The predicted molar refractivity (Wildman–Crippen MR) is 56.7 cm³/mol. The van der Waals surface area contributed by atoms with Gasteiger partial charge in [-0.25, -0.2) is 0 Å². The van der Waals surface area contributed by atoms with E-state index in [-0.39, 0.29) is 0 Å². The van der Waals surface area contributed by atoms with Crippen LogP contribution in [-0.4, -0.2) is 11.7 Å². The van der Waals surface area contributed by atoms with Gasteiger partial charge in [0.2, 0.25) is 0 Å². The molecule has 0 aromatic heterocycles. The Morgan fingerprint density at radius 2 is 2.08 bits per heavy atom. The number of unbranched alkanes of at least 4 members (excludes halogenated alkanes) is 1. The van der Waals surface area contributed by atoms with Crippen LogP contribution in [-0.2, 0) is 0 Å². The molecule has 0 saturated heterocycles. The van der Waals surface area contributed by atoms with E-state index in [1.807, 2.05) is 0 Å². The SMILES string of the molecule is CCCCC(CCCO)C1=CCC1. The third kappa shape index (κ3) is 3.51. The van der Waals surface area contributed by atoms with Crippen molar-refractivity contribution in [3.8, 4) is 0 Å². The molecule has 0 aromatic carbocycles. The quantitative estimate of drug-likeness (QED) is 0.599. The van der Waals surface area contributed by atoms with Crippen molar-refractivity contribution in [2.24, 2.45) is 5.92 Å². The normalized spacial score (nSPS) is 17.8. The topological polar surface area (TPSA) is 20.2 Å². The molecule has 1 atom stereocenters. The average molecular weight is 182 g/mol. The minimum atomic E-state index is 0.357. The largest absolute Gasteiger partial charge is 0.396 e. The van der Waals surface area contributed by atoms with E-state index in [0.717, 1.165) is 12.3 Å². The van der Waals surface area contributed by atoms with Gasteiger partial charge in [0, 0.05) is 6.61 Å². The summed E-state index contributed by atoms with van der Waals surface area (Å²) < 4.78 is 0. The van der Waals surface area contributed by atoms with E-state index in [1.165, 1.54) is 38.5 Å². The summed E-state index contributed by atoms with van der Waals surface area (Å²) in [4.78, 5) is 0. The zero-order chi connectivity index (χ0) is 9.52. The van der Waals surface area contributed by atoms with Crippen LogP contribution in [0.25, 0.3) is 0 Å². The number of allylic oxidation sites excluding steroid dienone is 2. The molecule has 0 amide bonds. The van der Waals surface area contributed by atoms with Crippen LogP contribution < -0.4 is 0 Å². The van der Waals surface area contributed by atoms with Crippen molar-refractivity contribution >= 4 is 0 Å². The Labute approximate surface area is 81.9 Å². The first-order valence-electron chi connectivity index (χ1n) is 5.68. The Balaban J connectivity index is 2.25. The van der Waals surface area contributed by atoms with Gasteiger partial charge < -0.3 is 5.11 Å². The van der Waals surface area contributed by atoms with Crippen molar-refractivity contribution in [1.82, 2.24) is 0 Å². The maximum absolute atomic E-state index is 8.79. The molecule has 0 fully saturated rings. The molecule has 1 nitrogen and oxygen atoms in total. The Hall–Kier alpha value is -0.300. The molecule has 76 valence electrons. The fraction of sp³-hybridized carbons (Fsp3) is 0.833. The smallest absolute Gasteiger partial charge is 0.0431 e. The van der Waals surface area contributed by atoms with Crippen LogP contribution >= 0.6 is 0 Å². The molecule has 0 radical (unpaired) electrons.